The largest absolute Gasteiger partial charge is 0.457 e. The van der Waals surface area contributed by atoms with E-state index in [1.165, 1.54) is 12.1 Å². The van der Waals surface area contributed by atoms with Gasteiger partial charge in [0.2, 0.25) is 0 Å². The number of nitrogens with zero attached hydrogens (tertiary/aromatic N) is 3. The summed E-state index contributed by atoms with van der Waals surface area (Å²) in [5.41, 5.74) is 2.36. The standard InChI is InChI=1S/C26H29N3O5SSi/c1-35(31,32)21-10-8-20(9-11-21)34-25-16-24-23(15-19(25)17-30)28-26(22-7-5-6-12-27-22)29(24)18-33-13-14-36(2,3)4/h5-12,15-17H,13-14,18H2,1-4H3. The van der Waals surface area contributed by atoms with Gasteiger partial charge in [0.25, 0.3) is 0 Å². The number of ether oxygens (including phenoxy) is 2. The zero-order valence-corrected chi connectivity index (χ0v) is 22.6. The summed E-state index contributed by atoms with van der Waals surface area (Å²) < 4.78 is 37.5. The molecule has 8 nitrogen and oxygen atoms in total. The van der Waals surface area contributed by atoms with E-state index in [9.17, 15) is 13.2 Å². The van der Waals surface area contributed by atoms with Crippen LogP contribution in [0.4, 0.5) is 0 Å². The molecule has 2 aromatic heterocycles. The fraction of sp³-hybridized carbons (Fsp3) is 0.269. The second kappa shape index (κ2) is 10.3. The Morgan fingerprint density at radius 1 is 1.06 bits per heavy atom. The molecule has 0 N–H and O–H groups in total. The second-order valence-electron chi connectivity index (χ2n) is 9.77. The molecule has 4 rings (SSSR count). The zero-order chi connectivity index (χ0) is 25.9. The number of hydrogen-bond acceptors (Lipinski definition) is 7. The Balaban J connectivity index is 1.73. The minimum atomic E-state index is -3.32. The van der Waals surface area contributed by atoms with Crippen LogP contribution in [0.2, 0.25) is 25.7 Å². The van der Waals surface area contributed by atoms with Crippen molar-refractivity contribution in [2.24, 2.45) is 0 Å². The molecular formula is C26H29N3O5SSi. The highest BCUT2D eigenvalue weighted by atomic mass is 32.2. The number of imidazole rings is 1. The second-order valence-corrected chi connectivity index (χ2v) is 17.4. The van der Waals surface area contributed by atoms with Crippen molar-refractivity contribution in [1.29, 1.82) is 0 Å². The van der Waals surface area contributed by atoms with Crippen LogP contribution in [0.15, 0.2) is 65.7 Å². The predicted octanol–water partition coefficient (Wildman–Crippen LogP) is 5.42. The predicted molar refractivity (Wildman–Crippen MR) is 142 cm³/mol. The number of aromatic nitrogens is 3. The van der Waals surface area contributed by atoms with Crippen molar-refractivity contribution in [2.75, 3.05) is 12.9 Å². The first-order valence-corrected chi connectivity index (χ1v) is 17.1. The van der Waals surface area contributed by atoms with Crippen molar-refractivity contribution < 1.29 is 22.7 Å². The number of hydrogen-bond donors (Lipinski definition) is 0. The molecule has 0 spiro atoms. The van der Waals surface area contributed by atoms with Crippen LogP contribution in [-0.4, -0.2) is 50.2 Å². The summed E-state index contributed by atoms with van der Waals surface area (Å²) in [6.45, 7) is 7.81. The van der Waals surface area contributed by atoms with E-state index in [1.807, 2.05) is 22.8 Å². The van der Waals surface area contributed by atoms with E-state index >= 15 is 0 Å². The van der Waals surface area contributed by atoms with Crippen LogP contribution in [0.3, 0.4) is 0 Å². The number of fused-ring (bicyclic) bond motifs is 1. The number of carbonyl (C=O) groups excluding carboxylic acids is 1. The van der Waals surface area contributed by atoms with Gasteiger partial charge in [-0.3, -0.25) is 14.3 Å². The van der Waals surface area contributed by atoms with Crippen molar-refractivity contribution >= 4 is 35.2 Å². The van der Waals surface area contributed by atoms with Crippen molar-refractivity contribution in [2.45, 2.75) is 37.3 Å². The third-order valence-electron chi connectivity index (χ3n) is 5.60. The van der Waals surface area contributed by atoms with E-state index in [0.717, 1.165) is 17.8 Å². The molecule has 0 amide bonds. The molecule has 0 atom stereocenters. The van der Waals surface area contributed by atoms with E-state index in [-0.39, 0.29) is 11.6 Å². The van der Waals surface area contributed by atoms with Gasteiger partial charge in [-0.1, -0.05) is 25.7 Å². The molecule has 0 aliphatic rings. The summed E-state index contributed by atoms with van der Waals surface area (Å²) >= 11 is 0. The SMILES string of the molecule is C[Si](C)(C)CCOCn1c(-c2ccccn2)nc2cc(C=O)c(Oc3ccc(S(C)(=O)=O)cc3)cc21. The van der Waals surface area contributed by atoms with Crippen molar-refractivity contribution in [3.05, 3.63) is 66.4 Å². The van der Waals surface area contributed by atoms with Crippen LogP contribution in [-0.2, 0) is 21.3 Å². The molecule has 0 unspecified atom stereocenters. The average molecular weight is 524 g/mol. The van der Waals surface area contributed by atoms with Gasteiger partial charge in [-0.05, 0) is 48.5 Å². The van der Waals surface area contributed by atoms with Gasteiger partial charge in [-0.15, -0.1) is 0 Å². The summed E-state index contributed by atoms with van der Waals surface area (Å²) in [6, 6.07) is 16.1. The lowest BCUT2D eigenvalue weighted by Gasteiger charge is -2.16. The molecule has 0 saturated heterocycles. The van der Waals surface area contributed by atoms with Gasteiger partial charge >= 0.3 is 0 Å². The third kappa shape index (κ3) is 6.07. The van der Waals surface area contributed by atoms with Crippen LogP contribution in [0, 0.1) is 0 Å². The first-order chi connectivity index (χ1) is 17.0. The van der Waals surface area contributed by atoms with E-state index < -0.39 is 17.9 Å². The van der Waals surface area contributed by atoms with E-state index in [4.69, 9.17) is 14.5 Å². The lowest BCUT2D eigenvalue weighted by molar-refractivity contribution is 0.0909. The molecule has 0 radical (unpaired) electrons. The Kier molecular flexibility index (Phi) is 7.39. The number of benzene rings is 2. The molecule has 10 heteroatoms. The number of carbonyl (C=O) groups is 1. The molecular weight excluding hydrogens is 494 g/mol. The molecule has 2 aromatic carbocycles. The lowest BCUT2D eigenvalue weighted by Crippen LogP contribution is -2.22. The monoisotopic (exact) mass is 523 g/mol. The van der Waals surface area contributed by atoms with Crippen molar-refractivity contribution in [1.82, 2.24) is 14.5 Å². The van der Waals surface area contributed by atoms with Gasteiger partial charge in [-0.2, -0.15) is 0 Å². The molecule has 2 heterocycles. The average Bonchev–Trinajstić information content (AvgIpc) is 3.18. The fourth-order valence-electron chi connectivity index (χ4n) is 3.59. The molecule has 188 valence electrons. The summed E-state index contributed by atoms with van der Waals surface area (Å²) in [7, 11) is -4.57. The maximum absolute atomic E-state index is 11.9. The summed E-state index contributed by atoms with van der Waals surface area (Å²) in [4.78, 5) is 21.3. The Morgan fingerprint density at radius 3 is 2.42 bits per heavy atom. The molecule has 4 aromatic rings. The topological polar surface area (TPSA) is 100 Å². The molecule has 0 aliphatic carbocycles. The number of aldehydes is 1. The smallest absolute Gasteiger partial charge is 0.175 e. The lowest BCUT2D eigenvalue weighted by atomic mass is 10.2. The Hall–Kier alpha value is -3.34. The highest BCUT2D eigenvalue weighted by molar-refractivity contribution is 7.90. The molecule has 36 heavy (non-hydrogen) atoms. The fourth-order valence-corrected chi connectivity index (χ4v) is 4.97. The van der Waals surface area contributed by atoms with Gasteiger partial charge in [0.1, 0.15) is 23.9 Å². The van der Waals surface area contributed by atoms with Crippen LogP contribution in [0.25, 0.3) is 22.6 Å². The van der Waals surface area contributed by atoms with E-state index in [0.29, 0.717) is 47.0 Å². The minimum absolute atomic E-state index is 0.189. The van der Waals surface area contributed by atoms with Crippen LogP contribution in [0.1, 0.15) is 10.4 Å². The van der Waals surface area contributed by atoms with Gasteiger partial charge in [0.05, 0.1) is 21.5 Å². The molecule has 0 aliphatic heterocycles. The summed E-state index contributed by atoms with van der Waals surface area (Å²) in [5, 5.41) is 0. The number of rotatable bonds is 10. The van der Waals surface area contributed by atoms with Crippen LogP contribution >= 0.6 is 0 Å². The zero-order valence-electron chi connectivity index (χ0n) is 20.8. The van der Waals surface area contributed by atoms with Crippen LogP contribution in [0.5, 0.6) is 11.5 Å². The van der Waals surface area contributed by atoms with Crippen molar-refractivity contribution in [3.8, 4) is 23.0 Å². The highest BCUT2D eigenvalue weighted by Crippen LogP contribution is 2.32. The third-order valence-corrected chi connectivity index (χ3v) is 8.43. The first kappa shape index (κ1) is 25.7. The molecule has 0 saturated carbocycles. The summed E-state index contributed by atoms with van der Waals surface area (Å²) in [6.07, 6.45) is 3.56. The summed E-state index contributed by atoms with van der Waals surface area (Å²) in [5.74, 6) is 1.37. The Bertz CT molecular complexity index is 1480. The van der Waals surface area contributed by atoms with Gasteiger partial charge in [-0.25, -0.2) is 13.4 Å². The molecule has 0 bridgehead atoms. The van der Waals surface area contributed by atoms with Gasteiger partial charge in [0, 0.05) is 33.2 Å². The minimum Gasteiger partial charge on any atom is -0.457 e. The van der Waals surface area contributed by atoms with Crippen LogP contribution < -0.4 is 4.74 Å². The van der Waals surface area contributed by atoms with Crippen molar-refractivity contribution in [3.63, 3.8) is 0 Å². The number of sulfone groups is 1. The Morgan fingerprint density at radius 2 is 1.81 bits per heavy atom. The molecule has 0 fully saturated rings. The van der Waals surface area contributed by atoms with E-state index in [2.05, 4.69) is 24.6 Å². The quantitative estimate of drug-likeness (QED) is 0.155. The first-order valence-electron chi connectivity index (χ1n) is 11.5. The van der Waals surface area contributed by atoms with Gasteiger partial charge in [0.15, 0.2) is 21.9 Å². The number of pyridine rings is 1. The highest BCUT2D eigenvalue weighted by Gasteiger charge is 2.18. The maximum atomic E-state index is 11.9. The normalized spacial score (nSPS) is 12.1. The van der Waals surface area contributed by atoms with E-state index in [1.54, 1.807) is 30.5 Å². The maximum Gasteiger partial charge on any atom is 0.175 e. The van der Waals surface area contributed by atoms with Gasteiger partial charge < -0.3 is 9.47 Å². The Labute approximate surface area is 211 Å².